The Morgan fingerprint density at radius 1 is 1.24 bits per heavy atom. The second-order valence-corrected chi connectivity index (χ2v) is 9.66. The molecule has 0 spiro atoms. The van der Waals surface area contributed by atoms with Crippen LogP contribution in [0.3, 0.4) is 0 Å². The molecule has 4 rings (SSSR count). The van der Waals surface area contributed by atoms with E-state index in [2.05, 4.69) is 43.3 Å². The molecule has 1 unspecified atom stereocenters. The molecular formula is C21H27N5O2S. The van der Waals surface area contributed by atoms with Gasteiger partial charge in [-0.2, -0.15) is 5.10 Å². The molecule has 3 aromatic rings. The lowest BCUT2D eigenvalue weighted by Gasteiger charge is -2.34. The first-order valence-electron chi connectivity index (χ1n) is 9.85. The van der Waals surface area contributed by atoms with Crippen molar-refractivity contribution in [2.45, 2.75) is 32.4 Å². The Labute approximate surface area is 171 Å². The standard InChI is InChI=1S/C21H27N5O2S/c1-15-5-6-16(10-21(15)25-29(2,27)28)13-26-9-3-4-19(14-26)23-18-7-8-20-17(11-18)12-22-24-20/h5-8,10-12,19,23,25H,3-4,9,13-14H2,1-2H3,(H,22,24). The summed E-state index contributed by atoms with van der Waals surface area (Å²) in [7, 11) is -3.28. The van der Waals surface area contributed by atoms with Crippen molar-refractivity contribution in [2.75, 3.05) is 29.4 Å². The predicted molar refractivity (Wildman–Crippen MR) is 118 cm³/mol. The molecule has 1 fully saturated rings. The maximum atomic E-state index is 11.6. The minimum absolute atomic E-state index is 0.382. The van der Waals surface area contributed by atoms with Crippen LogP contribution in [0.1, 0.15) is 24.0 Å². The van der Waals surface area contributed by atoms with Gasteiger partial charge in [-0.1, -0.05) is 12.1 Å². The molecule has 0 bridgehead atoms. The van der Waals surface area contributed by atoms with Crippen molar-refractivity contribution < 1.29 is 8.42 Å². The first-order valence-corrected chi connectivity index (χ1v) is 11.7. The summed E-state index contributed by atoms with van der Waals surface area (Å²) in [5.41, 5.74) is 4.85. The van der Waals surface area contributed by atoms with Gasteiger partial charge in [-0.05, 0) is 61.7 Å². The van der Waals surface area contributed by atoms with Crippen LogP contribution in [-0.2, 0) is 16.6 Å². The molecule has 29 heavy (non-hydrogen) atoms. The maximum absolute atomic E-state index is 11.6. The highest BCUT2D eigenvalue weighted by Gasteiger charge is 2.20. The first-order chi connectivity index (χ1) is 13.9. The summed E-state index contributed by atoms with van der Waals surface area (Å²) in [4.78, 5) is 2.42. The van der Waals surface area contributed by atoms with E-state index in [9.17, 15) is 8.42 Å². The molecule has 2 aromatic carbocycles. The number of hydrogen-bond acceptors (Lipinski definition) is 5. The molecule has 1 aliphatic heterocycles. The van der Waals surface area contributed by atoms with Crippen LogP contribution in [-0.4, -0.2) is 48.9 Å². The summed E-state index contributed by atoms with van der Waals surface area (Å²) in [6.07, 6.45) is 5.29. The highest BCUT2D eigenvalue weighted by Crippen LogP contribution is 2.23. The lowest BCUT2D eigenvalue weighted by atomic mass is 10.0. The van der Waals surface area contributed by atoms with Crippen LogP contribution >= 0.6 is 0 Å². The van der Waals surface area contributed by atoms with Gasteiger partial charge in [0.15, 0.2) is 0 Å². The Morgan fingerprint density at radius 2 is 2.10 bits per heavy atom. The fraction of sp³-hybridized carbons (Fsp3) is 0.381. The van der Waals surface area contributed by atoms with Crippen LogP contribution in [0.2, 0.25) is 0 Å². The van der Waals surface area contributed by atoms with Crippen molar-refractivity contribution >= 4 is 32.3 Å². The number of aromatic amines is 1. The van der Waals surface area contributed by atoms with E-state index in [1.54, 1.807) is 0 Å². The molecule has 1 saturated heterocycles. The minimum Gasteiger partial charge on any atom is -0.381 e. The molecule has 1 aromatic heterocycles. The third-order valence-corrected chi connectivity index (χ3v) is 5.91. The number of sulfonamides is 1. The Balaban J connectivity index is 1.41. The Kier molecular flexibility index (Phi) is 5.47. The fourth-order valence-corrected chi connectivity index (χ4v) is 4.54. The van der Waals surface area contributed by atoms with Crippen molar-refractivity contribution in [1.82, 2.24) is 15.1 Å². The van der Waals surface area contributed by atoms with Crippen molar-refractivity contribution in [3.63, 3.8) is 0 Å². The van der Waals surface area contributed by atoms with Crippen LogP contribution < -0.4 is 10.0 Å². The lowest BCUT2D eigenvalue weighted by molar-refractivity contribution is 0.208. The normalized spacial score (nSPS) is 18.1. The number of H-pyrrole nitrogens is 1. The molecule has 2 heterocycles. The van der Waals surface area contributed by atoms with E-state index in [4.69, 9.17) is 0 Å². The number of fused-ring (bicyclic) bond motifs is 1. The van der Waals surface area contributed by atoms with Gasteiger partial charge in [0, 0.05) is 30.2 Å². The van der Waals surface area contributed by atoms with Gasteiger partial charge in [-0.3, -0.25) is 14.7 Å². The topological polar surface area (TPSA) is 90.1 Å². The van der Waals surface area contributed by atoms with Crippen LogP contribution in [0.25, 0.3) is 10.9 Å². The number of benzene rings is 2. The number of likely N-dealkylation sites (tertiary alicyclic amines) is 1. The van der Waals surface area contributed by atoms with Gasteiger partial charge in [0.05, 0.1) is 23.7 Å². The van der Waals surface area contributed by atoms with Gasteiger partial charge in [0.1, 0.15) is 0 Å². The number of aryl methyl sites for hydroxylation is 1. The zero-order chi connectivity index (χ0) is 20.4. The van der Waals surface area contributed by atoms with E-state index in [-0.39, 0.29) is 0 Å². The van der Waals surface area contributed by atoms with Gasteiger partial charge in [-0.15, -0.1) is 0 Å². The summed E-state index contributed by atoms with van der Waals surface area (Å²) in [6.45, 7) is 4.71. The maximum Gasteiger partial charge on any atom is 0.229 e. The Bertz CT molecular complexity index is 1110. The molecule has 1 atom stereocenters. The average Bonchev–Trinajstić information content (AvgIpc) is 3.11. The number of rotatable bonds is 6. The molecule has 0 radical (unpaired) electrons. The third kappa shape index (κ3) is 5.07. The zero-order valence-corrected chi connectivity index (χ0v) is 17.6. The van der Waals surface area contributed by atoms with E-state index < -0.39 is 10.0 Å². The van der Waals surface area contributed by atoms with Gasteiger partial charge < -0.3 is 5.32 Å². The van der Waals surface area contributed by atoms with Crippen LogP contribution in [0.5, 0.6) is 0 Å². The summed E-state index contributed by atoms with van der Waals surface area (Å²) in [5, 5.41) is 11.8. The van der Waals surface area contributed by atoms with Gasteiger partial charge >= 0.3 is 0 Å². The summed E-state index contributed by atoms with van der Waals surface area (Å²) in [6, 6.07) is 12.6. The van der Waals surface area contributed by atoms with E-state index in [0.29, 0.717) is 11.7 Å². The molecular weight excluding hydrogens is 386 g/mol. The number of hydrogen-bond donors (Lipinski definition) is 3. The lowest BCUT2D eigenvalue weighted by Crippen LogP contribution is -2.41. The van der Waals surface area contributed by atoms with Gasteiger partial charge in [0.25, 0.3) is 0 Å². The van der Waals surface area contributed by atoms with Crippen LogP contribution in [0.15, 0.2) is 42.6 Å². The predicted octanol–water partition coefficient (Wildman–Crippen LogP) is 3.32. The van der Waals surface area contributed by atoms with Gasteiger partial charge in [0.2, 0.25) is 10.0 Å². The van der Waals surface area contributed by atoms with Crippen molar-refractivity contribution in [1.29, 1.82) is 0 Å². The van der Waals surface area contributed by atoms with E-state index in [1.165, 1.54) is 6.26 Å². The third-order valence-electron chi connectivity index (χ3n) is 5.32. The monoisotopic (exact) mass is 413 g/mol. The largest absolute Gasteiger partial charge is 0.381 e. The van der Waals surface area contributed by atoms with Crippen molar-refractivity contribution in [3.8, 4) is 0 Å². The molecule has 0 saturated carbocycles. The van der Waals surface area contributed by atoms with Gasteiger partial charge in [-0.25, -0.2) is 8.42 Å². The fourth-order valence-electron chi connectivity index (χ4n) is 3.92. The number of nitrogens with zero attached hydrogens (tertiary/aromatic N) is 2. The number of anilines is 2. The molecule has 8 heteroatoms. The second kappa shape index (κ2) is 8.04. The van der Waals surface area contributed by atoms with E-state index in [1.807, 2.05) is 31.3 Å². The second-order valence-electron chi connectivity index (χ2n) is 7.91. The first kappa shape index (κ1) is 19.7. The SMILES string of the molecule is Cc1ccc(CN2CCCC(Nc3ccc4[nH]ncc4c3)C2)cc1NS(C)(=O)=O. The van der Waals surface area contributed by atoms with Crippen molar-refractivity contribution in [3.05, 3.63) is 53.7 Å². The number of piperidine rings is 1. The molecule has 154 valence electrons. The quantitative estimate of drug-likeness (QED) is 0.577. The zero-order valence-electron chi connectivity index (χ0n) is 16.8. The molecule has 0 aliphatic carbocycles. The minimum atomic E-state index is -3.28. The highest BCUT2D eigenvalue weighted by atomic mass is 32.2. The summed E-state index contributed by atoms with van der Waals surface area (Å²) >= 11 is 0. The molecule has 3 N–H and O–H groups in total. The average molecular weight is 414 g/mol. The summed E-state index contributed by atoms with van der Waals surface area (Å²) in [5.74, 6) is 0. The van der Waals surface area contributed by atoms with E-state index >= 15 is 0 Å². The molecule has 7 nitrogen and oxygen atoms in total. The van der Waals surface area contributed by atoms with Crippen LogP contribution in [0, 0.1) is 6.92 Å². The number of nitrogens with one attached hydrogen (secondary N) is 3. The smallest absolute Gasteiger partial charge is 0.229 e. The highest BCUT2D eigenvalue weighted by molar-refractivity contribution is 7.92. The Hall–Kier alpha value is -2.58. The molecule has 0 amide bonds. The Morgan fingerprint density at radius 3 is 2.93 bits per heavy atom. The molecule has 1 aliphatic rings. The number of aromatic nitrogens is 2. The summed E-state index contributed by atoms with van der Waals surface area (Å²) < 4.78 is 25.8. The van der Waals surface area contributed by atoms with Crippen molar-refractivity contribution in [2.24, 2.45) is 0 Å². The van der Waals surface area contributed by atoms with Crippen LogP contribution in [0.4, 0.5) is 11.4 Å². The van der Waals surface area contributed by atoms with E-state index in [0.717, 1.165) is 60.2 Å².